The van der Waals surface area contributed by atoms with Crippen molar-refractivity contribution in [2.75, 3.05) is 20.6 Å². The molecule has 23 heavy (non-hydrogen) atoms. The lowest BCUT2D eigenvalue weighted by atomic mass is 9.85. The zero-order chi connectivity index (χ0) is 16.4. The van der Waals surface area contributed by atoms with Gasteiger partial charge in [-0.1, -0.05) is 0 Å². The summed E-state index contributed by atoms with van der Waals surface area (Å²) in [6.45, 7) is 2.57. The molecule has 1 N–H and O–H groups in total. The van der Waals surface area contributed by atoms with Crippen LogP contribution in [0, 0.1) is 12.8 Å². The summed E-state index contributed by atoms with van der Waals surface area (Å²) in [7, 11) is 4.29. The summed E-state index contributed by atoms with van der Waals surface area (Å²) < 4.78 is 5.49. The largest absolute Gasteiger partial charge is 0.441 e. The van der Waals surface area contributed by atoms with Gasteiger partial charge in [-0.2, -0.15) is 0 Å². The van der Waals surface area contributed by atoms with E-state index in [4.69, 9.17) is 4.42 Å². The van der Waals surface area contributed by atoms with Gasteiger partial charge in [0, 0.05) is 25.1 Å². The molecule has 5 heteroatoms. The molecule has 1 aliphatic carbocycles. The predicted molar refractivity (Wildman–Crippen MR) is 90.5 cm³/mol. The normalized spacial score (nSPS) is 21.7. The molecule has 0 atom stereocenters. The van der Waals surface area contributed by atoms with Crippen LogP contribution in [0.2, 0.25) is 0 Å². The third-order valence-electron chi connectivity index (χ3n) is 4.86. The van der Waals surface area contributed by atoms with Crippen LogP contribution in [0.3, 0.4) is 0 Å². The molecular weight excluding hydrogens is 290 g/mol. The third-order valence-corrected chi connectivity index (χ3v) is 4.86. The molecule has 0 aliphatic heterocycles. The number of rotatable bonds is 4. The Balaban J connectivity index is 1.54. The van der Waals surface area contributed by atoms with Gasteiger partial charge >= 0.3 is 0 Å². The maximum Gasteiger partial charge on any atom is 0.251 e. The number of aromatic nitrogens is 1. The van der Waals surface area contributed by atoms with Gasteiger partial charge in [0.15, 0.2) is 11.5 Å². The molecule has 1 heterocycles. The maximum absolute atomic E-state index is 12.3. The first kappa shape index (κ1) is 16.0. The van der Waals surface area contributed by atoms with E-state index in [1.54, 1.807) is 6.07 Å². The molecule has 1 aromatic heterocycles. The summed E-state index contributed by atoms with van der Waals surface area (Å²) in [6, 6.07) is 6.11. The van der Waals surface area contributed by atoms with Gasteiger partial charge in [-0.3, -0.25) is 4.79 Å². The Labute approximate surface area is 137 Å². The minimum absolute atomic E-state index is 0.0318. The number of nitrogens with one attached hydrogen (secondary N) is 1. The predicted octanol–water partition coefficient (Wildman–Crippen LogP) is 2.99. The van der Waals surface area contributed by atoms with Crippen molar-refractivity contribution in [1.29, 1.82) is 0 Å². The van der Waals surface area contributed by atoms with E-state index in [9.17, 15) is 4.79 Å². The highest BCUT2D eigenvalue weighted by Gasteiger charge is 2.22. The number of hydrogen-bond donors (Lipinski definition) is 1. The standard InChI is InChI=1S/C18H25N3O2/c1-12-20-16-9-6-14(10-17(16)23-12)18(22)19-11-13-4-7-15(8-5-13)21(2)3/h6,9-10,13,15H,4-5,7-8,11H2,1-3H3,(H,19,22). The Hall–Kier alpha value is -1.88. The van der Waals surface area contributed by atoms with Gasteiger partial charge in [0.05, 0.1) is 0 Å². The van der Waals surface area contributed by atoms with Gasteiger partial charge in [0.25, 0.3) is 5.91 Å². The zero-order valence-electron chi connectivity index (χ0n) is 14.1. The van der Waals surface area contributed by atoms with Crippen LogP contribution in [0.15, 0.2) is 22.6 Å². The van der Waals surface area contributed by atoms with Crippen LogP contribution in [-0.2, 0) is 0 Å². The van der Waals surface area contributed by atoms with Crippen molar-refractivity contribution < 1.29 is 9.21 Å². The number of aryl methyl sites for hydroxylation is 1. The van der Waals surface area contributed by atoms with E-state index in [1.807, 2.05) is 19.1 Å². The van der Waals surface area contributed by atoms with Gasteiger partial charge < -0.3 is 14.6 Å². The monoisotopic (exact) mass is 315 g/mol. The van der Waals surface area contributed by atoms with Crippen molar-refractivity contribution in [3.63, 3.8) is 0 Å². The van der Waals surface area contributed by atoms with Crippen molar-refractivity contribution >= 4 is 17.0 Å². The number of fused-ring (bicyclic) bond motifs is 1. The van der Waals surface area contributed by atoms with Crippen LogP contribution in [0.1, 0.15) is 41.9 Å². The van der Waals surface area contributed by atoms with E-state index in [0.717, 1.165) is 12.1 Å². The highest BCUT2D eigenvalue weighted by atomic mass is 16.3. The van der Waals surface area contributed by atoms with Crippen LogP contribution >= 0.6 is 0 Å². The molecule has 0 bridgehead atoms. The molecule has 1 saturated carbocycles. The molecule has 2 aromatic rings. The minimum Gasteiger partial charge on any atom is -0.441 e. The lowest BCUT2D eigenvalue weighted by molar-refractivity contribution is 0.0938. The first-order valence-electron chi connectivity index (χ1n) is 8.35. The Bertz CT molecular complexity index is 685. The van der Waals surface area contributed by atoms with Crippen LogP contribution < -0.4 is 5.32 Å². The van der Waals surface area contributed by atoms with E-state index in [-0.39, 0.29) is 5.91 Å². The Morgan fingerprint density at radius 2 is 2.04 bits per heavy atom. The second kappa shape index (κ2) is 6.71. The second-order valence-electron chi connectivity index (χ2n) is 6.76. The number of hydrogen-bond acceptors (Lipinski definition) is 4. The van der Waals surface area contributed by atoms with Crippen molar-refractivity contribution in [3.05, 3.63) is 29.7 Å². The molecule has 5 nitrogen and oxygen atoms in total. The Kier molecular flexibility index (Phi) is 4.66. The number of benzene rings is 1. The number of nitrogens with zero attached hydrogens (tertiary/aromatic N) is 2. The summed E-state index contributed by atoms with van der Waals surface area (Å²) in [6.07, 6.45) is 4.81. The van der Waals surface area contributed by atoms with Crippen LogP contribution in [-0.4, -0.2) is 42.5 Å². The molecule has 0 saturated heterocycles. The van der Waals surface area contributed by atoms with Crippen molar-refractivity contribution in [3.8, 4) is 0 Å². The fourth-order valence-electron chi connectivity index (χ4n) is 3.39. The topological polar surface area (TPSA) is 58.4 Å². The van der Waals surface area contributed by atoms with Gasteiger partial charge in [-0.15, -0.1) is 0 Å². The Morgan fingerprint density at radius 1 is 1.30 bits per heavy atom. The van der Waals surface area contributed by atoms with E-state index in [1.165, 1.54) is 25.7 Å². The number of amides is 1. The van der Waals surface area contributed by atoms with Crippen LogP contribution in [0.25, 0.3) is 11.1 Å². The highest BCUT2D eigenvalue weighted by molar-refractivity contribution is 5.97. The molecule has 1 fully saturated rings. The molecule has 1 amide bonds. The molecule has 1 aromatic carbocycles. The van der Waals surface area contributed by atoms with Crippen LogP contribution in [0.5, 0.6) is 0 Å². The van der Waals surface area contributed by atoms with Gasteiger partial charge in [0.1, 0.15) is 5.52 Å². The average Bonchev–Trinajstić information content (AvgIpc) is 2.92. The van der Waals surface area contributed by atoms with Gasteiger partial charge in [-0.05, 0) is 63.9 Å². The smallest absolute Gasteiger partial charge is 0.251 e. The zero-order valence-corrected chi connectivity index (χ0v) is 14.1. The summed E-state index contributed by atoms with van der Waals surface area (Å²) in [4.78, 5) is 18.9. The number of carbonyl (C=O) groups excluding carboxylic acids is 1. The van der Waals surface area contributed by atoms with Crippen molar-refractivity contribution in [1.82, 2.24) is 15.2 Å². The Morgan fingerprint density at radius 3 is 2.74 bits per heavy atom. The molecule has 3 rings (SSSR count). The molecule has 0 radical (unpaired) electrons. The first-order valence-corrected chi connectivity index (χ1v) is 8.35. The summed E-state index contributed by atoms with van der Waals surface area (Å²) in [5.41, 5.74) is 2.10. The van der Waals surface area contributed by atoms with Crippen molar-refractivity contribution in [2.24, 2.45) is 5.92 Å². The quantitative estimate of drug-likeness (QED) is 0.942. The van der Waals surface area contributed by atoms with Gasteiger partial charge in [-0.25, -0.2) is 4.98 Å². The molecular formula is C18H25N3O2. The maximum atomic E-state index is 12.3. The highest BCUT2D eigenvalue weighted by Crippen LogP contribution is 2.26. The second-order valence-corrected chi connectivity index (χ2v) is 6.76. The SMILES string of the molecule is Cc1nc2ccc(C(=O)NCC3CCC(N(C)C)CC3)cc2o1. The fourth-order valence-corrected chi connectivity index (χ4v) is 3.39. The van der Waals surface area contributed by atoms with Gasteiger partial charge in [0.2, 0.25) is 0 Å². The van der Waals surface area contributed by atoms with Crippen LogP contribution in [0.4, 0.5) is 0 Å². The minimum atomic E-state index is -0.0318. The molecule has 0 spiro atoms. The van der Waals surface area contributed by atoms with E-state index < -0.39 is 0 Å². The summed E-state index contributed by atoms with van der Waals surface area (Å²) in [5.74, 6) is 1.18. The molecule has 0 unspecified atom stereocenters. The van der Waals surface area contributed by atoms with E-state index in [2.05, 4.69) is 29.3 Å². The average molecular weight is 315 g/mol. The lowest BCUT2D eigenvalue weighted by Gasteiger charge is -2.32. The third kappa shape index (κ3) is 3.72. The summed E-state index contributed by atoms with van der Waals surface area (Å²) >= 11 is 0. The van der Waals surface area contributed by atoms with E-state index >= 15 is 0 Å². The molecule has 124 valence electrons. The number of oxazole rings is 1. The lowest BCUT2D eigenvalue weighted by Crippen LogP contribution is -2.36. The van der Waals surface area contributed by atoms with Crippen molar-refractivity contribution in [2.45, 2.75) is 38.6 Å². The van der Waals surface area contributed by atoms with E-state index in [0.29, 0.717) is 29.0 Å². The fraction of sp³-hybridized carbons (Fsp3) is 0.556. The summed E-state index contributed by atoms with van der Waals surface area (Å²) in [5, 5.41) is 3.07. The first-order chi connectivity index (χ1) is 11.0. The number of carbonyl (C=O) groups is 1. The molecule has 1 aliphatic rings.